The standard InChI is InChI=1S/C17H26N2O/c1-19(16-8-4-5-9-17(16)20)15-7-3-2-6-13(15)12-18-14-10-11-14/h2-3,6-7,14,16-18,20H,4-5,8-12H2,1H3. The van der Waals surface area contributed by atoms with Crippen molar-refractivity contribution >= 4 is 5.69 Å². The molecule has 0 spiro atoms. The molecule has 3 heteroatoms. The molecule has 2 aliphatic carbocycles. The van der Waals surface area contributed by atoms with Crippen molar-refractivity contribution in [1.29, 1.82) is 0 Å². The number of likely N-dealkylation sites (N-methyl/N-ethyl adjacent to an activating group) is 1. The molecule has 2 fully saturated rings. The van der Waals surface area contributed by atoms with E-state index in [0.717, 1.165) is 31.8 Å². The molecule has 2 atom stereocenters. The summed E-state index contributed by atoms with van der Waals surface area (Å²) >= 11 is 0. The van der Waals surface area contributed by atoms with Crippen molar-refractivity contribution < 1.29 is 5.11 Å². The molecular weight excluding hydrogens is 248 g/mol. The third-order valence-electron chi connectivity index (χ3n) is 4.72. The fourth-order valence-corrected chi connectivity index (χ4v) is 3.27. The molecule has 0 bridgehead atoms. The summed E-state index contributed by atoms with van der Waals surface area (Å²) in [6, 6.07) is 9.60. The van der Waals surface area contributed by atoms with Crippen molar-refractivity contribution in [1.82, 2.24) is 5.32 Å². The maximum atomic E-state index is 10.3. The monoisotopic (exact) mass is 274 g/mol. The molecule has 2 aliphatic rings. The first-order chi connectivity index (χ1) is 9.75. The summed E-state index contributed by atoms with van der Waals surface area (Å²) in [5.41, 5.74) is 2.62. The Balaban J connectivity index is 1.73. The second kappa shape index (κ2) is 6.15. The van der Waals surface area contributed by atoms with Crippen LogP contribution in [0.15, 0.2) is 24.3 Å². The van der Waals surface area contributed by atoms with Crippen LogP contribution in [-0.2, 0) is 6.54 Å². The predicted octanol–water partition coefficient (Wildman–Crippen LogP) is 2.68. The number of benzene rings is 1. The number of para-hydroxylation sites is 1. The number of hydrogen-bond acceptors (Lipinski definition) is 3. The maximum absolute atomic E-state index is 10.3. The Morgan fingerprint density at radius 2 is 1.90 bits per heavy atom. The Bertz CT molecular complexity index is 444. The second-order valence-electron chi connectivity index (χ2n) is 6.31. The lowest BCUT2D eigenvalue weighted by atomic mass is 9.91. The Labute approximate surface area is 122 Å². The summed E-state index contributed by atoms with van der Waals surface area (Å²) < 4.78 is 0. The molecule has 1 aromatic carbocycles. The summed E-state index contributed by atoms with van der Waals surface area (Å²) in [5, 5.41) is 13.9. The van der Waals surface area contributed by atoms with Gasteiger partial charge in [-0.1, -0.05) is 31.0 Å². The van der Waals surface area contributed by atoms with Gasteiger partial charge >= 0.3 is 0 Å². The third kappa shape index (κ3) is 3.15. The fraction of sp³-hybridized carbons (Fsp3) is 0.647. The topological polar surface area (TPSA) is 35.5 Å². The van der Waals surface area contributed by atoms with E-state index in [4.69, 9.17) is 0 Å². The van der Waals surface area contributed by atoms with Gasteiger partial charge in [0.1, 0.15) is 0 Å². The minimum atomic E-state index is -0.182. The summed E-state index contributed by atoms with van der Waals surface area (Å²) in [4.78, 5) is 2.30. The minimum absolute atomic E-state index is 0.182. The molecule has 3 rings (SSSR count). The molecule has 3 nitrogen and oxygen atoms in total. The molecule has 2 saturated carbocycles. The summed E-state index contributed by atoms with van der Waals surface area (Å²) in [6.07, 6.45) is 6.89. The third-order valence-corrected chi connectivity index (χ3v) is 4.72. The number of anilines is 1. The van der Waals surface area contributed by atoms with E-state index in [0.29, 0.717) is 0 Å². The zero-order valence-corrected chi connectivity index (χ0v) is 12.4. The largest absolute Gasteiger partial charge is 0.391 e. The van der Waals surface area contributed by atoms with Gasteiger partial charge in [-0.05, 0) is 37.3 Å². The molecule has 2 unspecified atom stereocenters. The van der Waals surface area contributed by atoms with Gasteiger partial charge in [-0.25, -0.2) is 0 Å². The average Bonchev–Trinajstić information content (AvgIpc) is 3.29. The lowest BCUT2D eigenvalue weighted by Gasteiger charge is -2.37. The van der Waals surface area contributed by atoms with Crippen LogP contribution in [0.2, 0.25) is 0 Å². The van der Waals surface area contributed by atoms with E-state index < -0.39 is 0 Å². The van der Waals surface area contributed by atoms with Crippen molar-refractivity contribution in [2.45, 2.75) is 63.3 Å². The highest BCUT2D eigenvalue weighted by atomic mass is 16.3. The Morgan fingerprint density at radius 1 is 1.15 bits per heavy atom. The van der Waals surface area contributed by atoms with Gasteiger partial charge in [0.15, 0.2) is 0 Å². The second-order valence-corrected chi connectivity index (χ2v) is 6.31. The average molecular weight is 274 g/mol. The molecule has 2 N–H and O–H groups in total. The number of nitrogens with one attached hydrogen (secondary N) is 1. The van der Waals surface area contributed by atoms with Crippen LogP contribution in [0, 0.1) is 0 Å². The highest BCUT2D eigenvalue weighted by Gasteiger charge is 2.28. The van der Waals surface area contributed by atoms with Crippen LogP contribution in [-0.4, -0.2) is 30.3 Å². The Kier molecular flexibility index (Phi) is 4.27. The number of aliphatic hydroxyl groups excluding tert-OH is 1. The number of hydrogen-bond donors (Lipinski definition) is 2. The number of aliphatic hydroxyl groups is 1. The molecule has 0 saturated heterocycles. The molecule has 0 amide bonds. The lowest BCUT2D eigenvalue weighted by molar-refractivity contribution is 0.106. The van der Waals surface area contributed by atoms with E-state index in [1.807, 2.05) is 0 Å². The van der Waals surface area contributed by atoms with Gasteiger partial charge in [0.2, 0.25) is 0 Å². The summed E-state index contributed by atoms with van der Waals surface area (Å²) in [5.74, 6) is 0. The fourth-order valence-electron chi connectivity index (χ4n) is 3.27. The molecule has 0 heterocycles. The van der Waals surface area contributed by atoms with Crippen LogP contribution < -0.4 is 10.2 Å². The van der Waals surface area contributed by atoms with Crippen molar-refractivity contribution in [3.63, 3.8) is 0 Å². The quantitative estimate of drug-likeness (QED) is 0.866. The molecule has 20 heavy (non-hydrogen) atoms. The van der Waals surface area contributed by atoms with Gasteiger partial charge < -0.3 is 15.3 Å². The molecule has 0 aromatic heterocycles. The van der Waals surface area contributed by atoms with Gasteiger partial charge in [-0.15, -0.1) is 0 Å². The van der Waals surface area contributed by atoms with Gasteiger partial charge in [-0.3, -0.25) is 0 Å². The van der Waals surface area contributed by atoms with Crippen molar-refractivity contribution in [3.05, 3.63) is 29.8 Å². The maximum Gasteiger partial charge on any atom is 0.0743 e. The van der Waals surface area contributed by atoms with Gasteiger partial charge in [0, 0.05) is 25.3 Å². The summed E-state index contributed by atoms with van der Waals surface area (Å²) in [7, 11) is 2.13. The summed E-state index contributed by atoms with van der Waals surface area (Å²) in [6.45, 7) is 0.938. The molecule has 0 radical (unpaired) electrons. The molecule has 0 aliphatic heterocycles. The first kappa shape index (κ1) is 13.9. The number of nitrogens with zero attached hydrogens (tertiary/aromatic N) is 1. The zero-order chi connectivity index (χ0) is 13.9. The van der Waals surface area contributed by atoms with E-state index in [-0.39, 0.29) is 12.1 Å². The van der Waals surface area contributed by atoms with Crippen LogP contribution in [0.4, 0.5) is 5.69 Å². The Hall–Kier alpha value is -1.06. The molecular formula is C17H26N2O. The highest BCUT2D eigenvalue weighted by Crippen LogP contribution is 2.29. The van der Waals surface area contributed by atoms with Crippen LogP contribution in [0.25, 0.3) is 0 Å². The SMILES string of the molecule is CN(c1ccccc1CNC1CC1)C1CCCCC1O. The van der Waals surface area contributed by atoms with Gasteiger partial charge in [0.05, 0.1) is 12.1 Å². The first-order valence-corrected chi connectivity index (χ1v) is 7.98. The van der Waals surface area contributed by atoms with E-state index in [1.165, 1.54) is 30.5 Å². The van der Waals surface area contributed by atoms with E-state index >= 15 is 0 Å². The normalized spacial score (nSPS) is 26.5. The van der Waals surface area contributed by atoms with Crippen LogP contribution in [0.1, 0.15) is 44.1 Å². The van der Waals surface area contributed by atoms with Crippen molar-refractivity contribution in [2.24, 2.45) is 0 Å². The predicted molar refractivity (Wildman–Crippen MR) is 83.0 cm³/mol. The van der Waals surface area contributed by atoms with Crippen LogP contribution in [0.3, 0.4) is 0 Å². The zero-order valence-electron chi connectivity index (χ0n) is 12.4. The minimum Gasteiger partial charge on any atom is -0.391 e. The van der Waals surface area contributed by atoms with Crippen LogP contribution in [0.5, 0.6) is 0 Å². The molecule has 1 aromatic rings. The smallest absolute Gasteiger partial charge is 0.0743 e. The van der Waals surface area contributed by atoms with E-state index in [9.17, 15) is 5.11 Å². The van der Waals surface area contributed by atoms with Crippen LogP contribution >= 0.6 is 0 Å². The Morgan fingerprint density at radius 3 is 2.65 bits per heavy atom. The van der Waals surface area contributed by atoms with Crippen molar-refractivity contribution in [2.75, 3.05) is 11.9 Å². The molecule has 110 valence electrons. The lowest BCUT2D eigenvalue weighted by Crippen LogP contribution is -2.44. The first-order valence-electron chi connectivity index (χ1n) is 7.98. The van der Waals surface area contributed by atoms with Gasteiger partial charge in [0.25, 0.3) is 0 Å². The number of rotatable bonds is 5. The van der Waals surface area contributed by atoms with E-state index in [2.05, 4.69) is 41.5 Å². The van der Waals surface area contributed by atoms with E-state index in [1.54, 1.807) is 0 Å². The van der Waals surface area contributed by atoms with Crippen molar-refractivity contribution in [3.8, 4) is 0 Å². The van der Waals surface area contributed by atoms with Gasteiger partial charge in [-0.2, -0.15) is 0 Å². The highest BCUT2D eigenvalue weighted by molar-refractivity contribution is 5.54.